The van der Waals surface area contributed by atoms with Crippen LogP contribution in [0.3, 0.4) is 0 Å². The summed E-state index contributed by atoms with van der Waals surface area (Å²) in [6.45, 7) is 3.92. The number of nitrogens with one attached hydrogen (secondary N) is 1. The molecule has 0 saturated heterocycles. The van der Waals surface area contributed by atoms with Crippen LogP contribution in [0.5, 0.6) is 0 Å². The first-order chi connectivity index (χ1) is 11.5. The van der Waals surface area contributed by atoms with Gasteiger partial charge in [-0.15, -0.1) is 0 Å². The molecular formula is C18H19N3O3. The third-order valence-corrected chi connectivity index (χ3v) is 3.55. The summed E-state index contributed by atoms with van der Waals surface area (Å²) in [4.78, 5) is 22.3. The highest BCUT2D eigenvalue weighted by Crippen LogP contribution is 2.13. The predicted octanol–water partition coefficient (Wildman–Crippen LogP) is 3.70. The van der Waals surface area contributed by atoms with E-state index in [1.54, 1.807) is 6.92 Å². The quantitative estimate of drug-likeness (QED) is 0.499. The summed E-state index contributed by atoms with van der Waals surface area (Å²) in [6, 6.07) is 13.5. The molecule has 0 aliphatic rings. The van der Waals surface area contributed by atoms with Gasteiger partial charge in [0, 0.05) is 17.7 Å². The van der Waals surface area contributed by atoms with Crippen molar-refractivity contribution in [2.45, 2.75) is 26.7 Å². The number of rotatable bonds is 6. The van der Waals surface area contributed by atoms with Gasteiger partial charge in [-0.05, 0) is 30.5 Å². The van der Waals surface area contributed by atoms with Crippen LogP contribution in [0.1, 0.15) is 41.8 Å². The lowest BCUT2D eigenvalue weighted by Crippen LogP contribution is -2.19. The number of hydrazone groups is 1. The molecule has 0 heterocycles. The Kier molecular flexibility index (Phi) is 5.78. The van der Waals surface area contributed by atoms with Crippen LogP contribution in [0, 0.1) is 10.1 Å². The molecule has 6 nitrogen and oxygen atoms in total. The molecule has 0 radical (unpaired) electrons. The van der Waals surface area contributed by atoms with Gasteiger partial charge >= 0.3 is 0 Å². The Morgan fingerprint density at radius 3 is 2.50 bits per heavy atom. The summed E-state index contributed by atoms with van der Waals surface area (Å²) in [5.41, 5.74) is 5.33. The van der Waals surface area contributed by atoms with E-state index in [0.29, 0.717) is 5.71 Å². The van der Waals surface area contributed by atoms with Crippen molar-refractivity contribution >= 4 is 17.3 Å². The van der Waals surface area contributed by atoms with Crippen molar-refractivity contribution in [1.29, 1.82) is 0 Å². The molecule has 0 aliphatic heterocycles. The fourth-order valence-electron chi connectivity index (χ4n) is 2.23. The van der Waals surface area contributed by atoms with Crippen LogP contribution in [-0.2, 0) is 6.42 Å². The van der Waals surface area contributed by atoms with E-state index >= 15 is 0 Å². The Balaban J connectivity index is 2.07. The van der Waals surface area contributed by atoms with E-state index < -0.39 is 10.8 Å². The number of non-ortho nitro benzene ring substituents is 1. The van der Waals surface area contributed by atoms with E-state index in [1.165, 1.54) is 29.8 Å². The van der Waals surface area contributed by atoms with Crippen molar-refractivity contribution in [2.24, 2.45) is 5.10 Å². The highest BCUT2D eigenvalue weighted by molar-refractivity contribution is 6.01. The van der Waals surface area contributed by atoms with E-state index in [-0.39, 0.29) is 11.3 Å². The minimum absolute atomic E-state index is 0.130. The number of nitrogens with zero attached hydrogens (tertiary/aromatic N) is 2. The van der Waals surface area contributed by atoms with E-state index in [0.717, 1.165) is 18.4 Å². The lowest BCUT2D eigenvalue weighted by atomic mass is 10.1. The number of benzene rings is 2. The van der Waals surface area contributed by atoms with Crippen molar-refractivity contribution in [3.63, 3.8) is 0 Å². The second kappa shape index (κ2) is 8.01. The molecular weight excluding hydrogens is 306 g/mol. The average Bonchev–Trinajstić information content (AvgIpc) is 2.60. The SMILES string of the molecule is CCCc1ccc(C(C)=NNC(=O)c2cccc([N+](=O)[O-])c2)cc1. The molecule has 0 aliphatic carbocycles. The molecule has 2 rings (SSSR count). The van der Waals surface area contributed by atoms with Crippen molar-refractivity contribution in [2.75, 3.05) is 0 Å². The van der Waals surface area contributed by atoms with Crippen LogP contribution in [0.15, 0.2) is 53.6 Å². The summed E-state index contributed by atoms with van der Waals surface area (Å²) < 4.78 is 0. The normalized spacial score (nSPS) is 11.2. The highest BCUT2D eigenvalue weighted by Gasteiger charge is 2.11. The van der Waals surface area contributed by atoms with E-state index in [9.17, 15) is 14.9 Å². The van der Waals surface area contributed by atoms with Gasteiger partial charge in [0.25, 0.3) is 11.6 Å². The second-order valence-corrected chi connectivity index (χ2v) is 5.39. The van der Waals surface area contributed by atoms with Crippen molar-refractivity contribution in [3.05, 3.63) is 75.3 Å². The third kappa shape index (κ3) is 4.49. The van der Waals surface area contributed by atoms with Gasteiger partial charge < -0.3 is 0 Å². The first-order valence-corrected chi connectivity index (χ1v) is 7.69. The molecule has 0 fully saturated rings. The molecule has 6 heteroatoms. The summed E-state index contributed by atoms with van der Waals surface area (Å²) in [5.74, 6) is -0.486. The summed E-state index contributed by atoms with van der Waals surface area (Å²) in [6.07, 6.45) is 2.12. The minimum atomic E-state index is -0.539. The van der Waals surface area contributed by atoms with Gasteiger partial charge in [-0.2, -0.15) is 5.10 Å². The van der Waals surface area contributed by atoms with E-state index in [2.05, 4.69) is 17.5 Å². The Morgan fingerprint density at radius 2 is 1.88 bits per heavy atom. The molecule has 0 bridgehead atoms. The van der Waals surface area contributed by atoms with Crippen LogP contribution in [0.4, 0.5) is 5.69 Å². The third-order valence-electron chi connectivity index (χ3n) is 3.55. The first kappa shape index (κ1) is 17.3. The molecule has 124 valence electrons. The van der Waals surface area contributed by atoms with Crippen LogP contribution in [0.25, 0.3) is 0 Å². The van der Waals surface area contributed by atoms with Gasteiger partial charge in [0.15, 0.2) is 0 Å². The standard InChI is InChI=1S/C18H19N3O3/c1-3-5-14-8-10-15(11-9-14)13(2)19-20-18(22)16-6-4-7-17(12-16)21(23)24/h4,6-12H,3,5H2,1-2H3,(H,20,22). The molecule has 1 amide bonds. The summed E-state index contributed by atoms with van der Waals surface area (Å²) in [7, 11) is 0. The Hall–Kier alpha value is -3.02. The van der Waals surface area contributed by atoms with Crippen molar-refractivity contribution < 1.29 is 9.72 Å². The van der Waals surface area contributed by atoms with Crippen molar-refractivity contribution in [3.8, 4) is 0 Å². The fourth-order valence-corrected chi connectivity index (χ4v) is 2.23. The molecule has 2 aromatic rings. The van der Waals surface area contributed by atoms with E-state index in [4.69, 9.17) is 0 Å². The molecule has 0 atom stereocenters. The molecule has 0 unspecified atom stereocenters. The highest BCUT2D eigenvalue weighted by atomic mass is 16.6. The van der Waals surface area contributed by atoms with Crippen LogP contribution >= 0.6 is 0 Å². The summed E-state index contributed by atoms with van der Waals surface area (Å²) >= 11 is 0. The van der Waals surface area contributed by atoms with Crippen LogP contribution in [0.2, 0.25) is 0 Å². The van der Waals surface area contributed by atoms with Gasteiger partial charge in [-0.3, -0.25) is 14.9 Å². The number of hydrogen-bond acceptors (Lipinski definition) is 4. The number of amides is 1. The van der Waals surface area contributed by atoms with Gasteiger partial charge in [-0.1, -0.05) is 43.7 Å². The van der Waals surface area contributed by atoms with E-state index in [1.807, 2.05) is 24.3 Å². The molecule has 0 spiro atoms. The fraction of sp³-hybridized carbons (Fsp3) is 0.222. The maximum absolute atomic E-state index is 12.1. The predicted molar refractivity (Wildman–Crippen MR) is 93.2 cm³/mol. The van der Waals surface area contributed by atoms with Crippen molar-refractivity contribution in [1.82, 2.24) is 5.43 Å². The number of aryl methyl sites for hydroxylation is 1. The molecule has 0 aromatic heterocycles. The van der Waals surface area contributed by atoms with Crippen LogP contribution in [-0.4, -0.2) is 16.5 Å². The number of nitro groups is 1. The lowest BCUT2D eigenvalue weighted by molar-refractivity contribution is -0.384. The molecule has 0 saturated carbocycles. The van der Waals surface area contributed by atoms with Crippen LogP contribution < -0.4 is 5.43 Å². The van der Waals surface area contributed by atoms with Gasteiger partial charge in [0.2, 0.25) is 0 Å². The van der Waals surface area contributed by atoms with Gasteiger partial charge in [0.05, 0.1) is 10.6 Å². The zero-order valence-electron chi connectivity index (χ0n) is 13.7. The maximum atomic E-state index is 12.1. The average molecular weight is 325 g/mol. The maximum Gasteiger partial charge on any atom is 0.271 e. The minimum Gasteiger partial charge on any atom is -0.267 e. The Labute approximate surface area is 140 Å². The zero-order valence-corrected chi connectivity index (χ0v) is 13.7. The van der Waals surface area contributed by atoms with Gasteiger partial charge in [-0.25, -0.2) is 5.43 Å². The number of hydrogen-bond donors (Lipinski definition) is 1. The molecule has 24 heavy (non-hydrogen) atoms. The zero-order chi connectivity index (χ0) is 17.5. The largest absolute Gasteiger partial charge is 0.271 e. The monoisotopic (exact) mass is 325 g/mol. The molecule has 1 N–H and O–H groups in total. The summed E-state index contributed by atoms with van der Waals surface area (Å²) in [5, 5.41) is 14.8. The lowest BCUT2D eigenvalue weighted by Gasteiger charge is -2.04. The second-order valence-electron chi connectivity index (χ2n) is 5.39. The van der Waals surface area contributed by atoms with Gasteiger partial charge in [0.1, 0.15) is 0 Å². The topological polar surface area (TPSA) is 84.6 Å². The number of nitro benzene ring substituents is 1. The Bertz CT molecular complexity index is 767. The smallest absolute Gasteiger partial charge is 0.267 e. The first-order valence-electron chi connectivity index (χ1n) is 7.69. The molecule has 2 aromatic carbocycles. The number of carbonyl (C=O) groups excluding carboxylic acids is 1. The number of carbonyl (C=O) groups is 1. The Morgan fingerprint density at radius 1 is 1.17 bits per heavy atom.